The maximum absolute atomic E-state index is 13.9. The van der Waals surface area contributed by atoms with E-state index in [1.165, 1.54) is 0 Å². The summed E-state index contributed by atoms with van der Waals surface area (Å²) < 4.78 is 7.96. The van der Waals surface area contributed by atoms with Crippen molar-refractivity contribution in [3.8, 4) is 16.9 Å². The van der Waals surface area contributed by atoms with Gasteiger partial charge in [0.05, 0.1) is 18.2 Å². The maximum atomic E-state index is 13.9. The molecule has 0 radical (unpaired) electrons. The summed E-state index contributed by atoms with van der Waals surface area (Å²) in [5, 5.41) is 18.6. The molecule has 2 N–H and O–H groups in total. The molecule has 0 unspecified atom stereocenters. The largest absolute Gasteiger partial charge is 0.494 e. The molecule has 1 aromatic heterocycles. The van der Waals surface area contributed by atoms with Gasteiger partial charge in [0.2, 0.25) is 5.91 Å². The number of carboxylic acid groups (broad SMARTS) is 1. The van der Waals surface area contributed by atoms with Crippen molar-refractivity contribution in [2.75, 3.05) is 6.61 Å². The second-order valence-electron chi connectivity index (χ2n) is 11.9. The van der Waals surface area contributed by atoms with Crippen LogP contribution in [0.15, 0.2) is 29.8 Å². The molecule has 0 aliphatic heterocycles. The third kappa shape index (κ3) is 6.34. The van der Waals surface area contributed by atoms with Gasteiger partial charge < -0.3 is 15.2 Å². The van der Waals surface area contributed by atoms with Gasteiger partial charge in [-0.1, -0.05) is 29.3 Å². The molecule has 2 aromatic carbocycles. The highest BCUT2D eigenvalue weighted by molar-refractivity contribution is 6.34. The van der Waals surface area contributed by atoms with Gasteiger partial charge in [-0.05, 0) is 112 Å². The zero-order valence-corrected chi connectivity index (χ0v) is 27.0. The van der Waals surface area contributed by atoms with Gasteiger partial charge in [-0.15, -0.1) is 0 Å². The van der Waals surface area contributed by atoms with Crippen LogP contribution in [0.1, 0.15) is 72.2 Å². The third-order valence-corrected chi connectivity index (χ3v) is 9.91. The highest BCUT2D eigenvalue weighted by Gasteiger charge is 2.33. The number of carbonyl (C=O) groups is 2. The molecule has 7 nitrogen and oxygen atoms in total. The zero-order chi connectivity index (χ0) is 31.0. The Bertz CT molecular complexity index is 1590. The second kappa shape index (κ2) is 12.7. The number of hydrogen-bond donors (Lipinski definition) is 2. The number of ether oxygens (including phenoxy) is 1. The van der Waals surface area contributed by atoms with Crippen molar-refractivity contribution in [3.05, 3.63) is 73.5 Å². The number of nitrogens with one attached hydrogen (secondary N) is 1. The van der Waals surface area contributed by atoms with E-state index >= 15 is 0 Å². The fraction of sp³-hybridized carbons (Fsp3) is 0.441. The van der Waals surface area contributed by atoms with Gasteiger partial charge >= 0.3 is 5.97 Å². The number of aromatic nitrogens is 2. The van der Waals surface area contributed by atoms with Gasteiger partial charge in [0, 0.05) is 51.9 Å². The molecule has 1 heterocycles. The summed E-state index contributed by atoms with van der Waals surface area (Å²) in [4.78, 5) is 25.3. The van der Waals surface area contributed by atoms with Crippen LogP contribution in [0.25, 0.3) is 16.7 Å². The number of aliphatic carboxylic acids is 1. The monoisotopic (exact) mass is 623 g/mol. The zero-order valence-electron chi connectivity index (χ0n) is 25.4. The summed E-state index contributed by atoms with van der Waals surface area (Å²) >= 11 is 13.2. The molecule has 1 fully saturated rings. The van der Waals surface area contributed by atoms with Crippen LogP contribution in [0.4, 0.5) is 0 Å². The Labute approximate surface area is 263 Å². The van der Waals surface area contributed by atoms with E-state index < -0.39 is 5.97 Å². The first-order valence-corrected chi connectivity index (χ1v) is 15.7. The number of benzene rings is 2. The molecule has 1 amide bonds. The van der Waals surface area contributed by atoms with Crippen LogP contribution < -0.4 is 10.1 Å². The molecule has 2 aliphatic rings. The van der Waals surface area contributed by atoms with Crippen LogP contribution in [0, 0.1) is 33.6 Å². The summed E-state index contributed by atoms with van der Waals surface area (Å²) in [5.74, 6) is -0.386. The van der Waals surface area contributed by atoms with Crippen molar-refractivity contribution in [3.63, 3.8) is 0 Å². The van der Waals surface area contributed by atoms with E-state index in [1.54, 1.807) is 0 Å². The third-order valence-electron chi connectivity index (χ3n) is 9.00. The number of carboxylic acids is 1. The number of allylic oxidation sites excluding steroid dienone is 1. The van der Waals surface area contributed by atoms with Crippen molar-refractivity contribution in [2.24, 2.45) is 13.0 Å². The summed E-state index contributed by atoms with van der Waals surface area (Å²) in [5.41, 5.74) is 9.66. The molecule has 2 aliphatic carbocycles. The van der Waals surface area contributed by atoms with E-state index in [0.717, 1.165) is 73.1 Å². The van der Waals surface area contributed by atoms with Crippen molar-refractivity contribution in [1.29, 1.82) is 0 Å². The minimum Gasteiger partial charge on any atom is -0.494 e. The first kappa shape index (κ1) is 31.1. The van der Waals surface area contributed by atoms with Crippen LogP contribution >= 0.6 is 23.2 Å². The molecule has 0 bridgehead atoms. The van der Waals surface area contributed by atoms with Crippen LogP contribution in [-0.4, -0.2) is 39.4 Å². The van der Waals surface area contributed by atoms with E-state index in [0.29, 0.717) is 50.2 Å². The molecule has 3 aromatic rings. The maximum Gasteiger partial charge on any atom is 0.306 e. The predicted molar refractivity (Wildman–Crippen MR) is 171 cm³/mol. The quantitative estimate of drug-likeness (QED) is 0.240. The summed E-state index contributed by atoms with van der Waals surface area (Å²) in [6, 6.07) is 7.81. The van der Waals surface area contributed by atoms with Crippen molar-refractivity contribution >= 4 is 40.7 Å². The molecule has 0 spiro atoms. The normalized spacial score (nSPS) is 18.1. The Kier molecular flexibility index (Phi) is 9.23. The van der Waals surface area contributed by atoms with Crippen molar-refractivity contribution in [2.45, 2.75) is 78.7 Å². The van der Waals surface area contributed by atoms with E-state index in [2.05, 4.69) is 10.4 Å². The Balaban J connectivity index is 1.41. The van der Waals surface area contributed by atoms with Gasteiger partial charge in [-0.3, -0.25) is 14.3 Å². The van der Waals surface area contributed by atoms with Crippen LogP contribution in [0.3, 0.4) is 0 Å². The summed E-state index contributed by atoms with van der Waals surface area (Å²) in [6.07, 6.45) is 4.34. The fourth-order valence-electron chi connectivity index (χ4n) is 6.63. The van der Waals surface area contributed by atoms with Gasteiger partial charge in [0.25, 0.3) is 0 Å². The number of nitrogens with zero attached hydrogens (tertiary/aromatic N) is 2. The standard InChI is InChI=1S/C34H39Cl2N3O4/c1-18-15-24(16-19(2)32(18)36)43-14-6-7-25-26-12-13-29(35)31(30-20(3)38-39(5)21(30)4)27(26)17-28(25)33(40)37-23-10-8-22(9-11-23)34(41)42/h12-13,15-16,22-23H,6-11,14,17H2,1-5H3,(H,37,40)(H,41,42). The molecule has 228 valence electrons. The highest BCUT2D eigenvalue weighted by atomic mass is 35.5. The average Bonchev–Trinajstić information content (AvgIpc) is 3.45. The summed E-state index contributed by atoms with van der Waals surface area (Å²) in [7, 11) is 1.92. The molecule has 0 saturated heterocycles. The lowest BCUT2D eigenvalue weighted by molar-refractivity contribution is -0.142. The first-order valence-electron chi connectivity index (χ1n) is 14.9. The molecule has 0 atom stereocenters. The average molecular weight is 625 g/mol. The van der Waals surface area contributed by atoms with E-state index in [4.69, 9.17) is 27.9 Å². The van der Waals surface area contributed by atoms with Crippen LogP contribution in [0.2, 0.25) is 10.0 Å². The van der Waals surface area contributed by atoms with E-state index in [9.17, 15) is 14.7 Å². The summed E-state index contributed by atoms with van der Waals surface area (Å²) in [6.45, 7) is 8.45. The minimum absolute atomic E-state index is 0.0360. The Morgan fingerprint density at radius 3 is 2.33 bits per heavy atom. The number of aryl methyl sites for hydroxylation is 4. The molecule has 1 saturated carbocycles. The van der Waals surface area contributed by atoms with Crippen LogP contribution in [0.5, 0.6) is 5.75 Å². The lowest BCUT2D eigenvalue weighted by Gasteiger charge is -2.27. The molecular weight excluding hydrogens is 585 g/mol. The van der Waals surface area contributed by atoms with E-state index in [1.807, 2.05) is 63.7 Å². The lowest BCUT2D eigenvalue weighted by atomic mass is 9.86. The van der Waals surface area contributed by atoms with Gasteiger partial charge in [0.15, 0.2) is 0 Å². The van der Waals surface area contributed by atoms with Crippen LogP contribution in [-0.2, 0) is 23.1 Å². The SMILES string of the molecule is Cc1cc(OCCCC2=C(C(=O)NC3CCC(C(=O)O)CC3)Cc3c2ccc(Cl)c3-c2c(C)nn(C)c2C)cc(C)c1Cl. The Morgan fingerprint density at radius 1 is 1.05 bits per heavy atom. The molecular formula is C34H39Cl2N3O4. The molecule has 9 heteroatoms. The topological polar surface area (TPSA) is 93.4 Å². The molecule has 5 rings (SSSR count). The number of halogens is 2. The Hall–Kier alpha value is -3.29. The Morgan fingerprint density at radius 2 is 1.72 bits per heavy atom. The molecule has 43 heavy (non-hydrogen) atoms. The minimum atomic E-state index is -0.752. The smallest absolute Gasteiger partial charge is 0.306 e. The number of rotatable bonds is 9. The predicted octanol–water partition coefficient (Wildman–Crippen LogP) is 7.56. The van der Waals surface area contributed by atoms with Gasteiger partial charge in [-0.25, -0.2) is 0 Å². The number of carbonyl (C=O) groups excluding carboxylic acids is 1. The number of hydrogen-bond acceptors (Lipinski definition) is 4. The van der Waals surface area contributed by atoms with Crippen molar-refractivity contribution < 1.29 is 19.4 Å². The first-order chi connectivity index (χ1) is 20.5. The van der Waals surface area contributed by atoms with E-state index in [-0.39, 0.29) is 17.9 Å². The fourth-order valence-corrected chi connectivity index (χ4v) is 7.01. The number of amides is 1. The second-order valence-corrected chi connectivity index (χ2v) is 12.7. The van der Waals surface area contributed by atoms with Gasteiger partial charge in [0.1, 0.15) is 5.75 Å². The van der Waals surface area contributed by atoms with Crippen molar-refractivity contribution in [1.82, 2.24) is 15.1 Å². The van der Waals surface area contributed by atoms with Gasteiger partial charge in [-0.2, -0.15) is 5.10 Å². The highest BCUT2D eigenvalue weighted by Crippen LogP contribution is 2.45. The number of fused-ring (bicyclic) bond motifs is 1. The lowest BCUT2D eigenvalue weighted by Crippen LogP contribution is -2.39.